The van der Waals surface area contributed by atoms with Crippen molar-refractivity contribution in [3.05, 3.63) is 30.5 Å². The number of hydrogen-bond acceptors (Lipinski definition) is 5. The SMILES string of the molecule is CC1(C(=O)O)COCC1Nc1cnnc2ccccc12. The number of nitrogens with one attached hydrogen (secondary N) is 1. The Kier molecular flexibility index (Phi) is 3.02. The summed E-state index contributed by atoms with van der Waals surface area (Å²) in [7, 11) is 0. The van der Waals surface area contributed by atoms with Gasteiger partial charge in [0.15, 0.2) is 0 Å². The van der Waals surface area contributed by atoms with Gasteiger partial charge in [0, 0.05) is 5.39 Å². The summed E-state index contributed by atoms with van der Waals surface area (Å²) in [5.74, 6) is -0.862. The Morgan fingerprint density at radius 2 is 2.30 bits per heavy atom. The Morgan fingerprint density at radius 1 is 1.50 bits per heavy atom. The highest BCUT2D eigenvalue weighted by atomic mass is 16.5. The van der Waals surface area contributed by atoms with Crippen molar-refractivity contribution >= 4 is 22.6 Å². The average Bonchev–Trinajstić information content (AvgIpc) is 2.82. The Bertz CT molecular complexity index is 656. The molecule has 3 rings (SSSR count). The van der Waals surface area contributed by atoms with Crippen LogP contribution in [0.5, 0.6) is 0 Å². The smallest absolute Gasteiger partial charge is 0.313 e. The van der Waals surface area contributed by atoms with Gasteiger partial charge >= 0.3 is 5.97 Å². The van der Waals surface area contributed by atoms with Crippen molar-refractivity contribution in [3.8, 4) is 0 Å². The zero-order chi connectivity index (χ0) is 14.2. The molecule has 6 nitrogen and oxygen atoms in total. The molecule has 2 N–H and O–H groups in total. The van der Waals surface area contributed by atoms with Gasteiger partial charge in [-0.15, -0.1) is 0 Å². The maximum Gasteiger partial charge on any atom is 0.313 e. The molecule has 0 bridgehead atoms. The molecular weight excluding hydrogens is 258 g/mol. The van der Waals surface area contributed by atoms with Crippen LogP contribution in [0.4, 0.5) is 5.69 Å². The molecule has 6 heteroatoms. The first-order valence-electron chi connectivity index (χ1n) is 6.39. The molecule has 2 unspecified atom stereocenters. The molecule has 0 saturated carbocycles. The van der Waals surface area contributed by atoms with E-state index in [1.165, 1.54) is 0 Å². The minimum Gasteiger partial charge on any atom is -0.481 e. The Hall–Kier alpha value is -2.21. The number of carboxylic acid groups (broad SMARTS) is 1. The van der Waals surface area contributed by atoms with Gasteiger partial charge in [-0.1, -0.05) is 18.2 Å². The predicted octanol–water partition coefficient (Wildman–Crippen LogP) is 1.53. The number of fused-ring (bicyclic) bond motifs is 1. The second-order valence-corrected chi connectivity index (χ2v) is 5.21. The van der Waals surface area contributed by atoms with Crippen molar-refractivity contribution in [1.82, 2.24) is 10.2 Å². The van der Waals surface area contributed by atoms with Crippen LogP contribution in [0.25, 0.3) is 10.9 Å². The summed E-state index contributed by atoms with van der Waals surface area (Å²) < 4.78 is 5.34. The zero-order valence-electron chi connectivity index (χ0n) is 11.0. The standard InChI is InChI=1S/C14H15N3O3/c1-14(13(18)19)8-20-7-12(14)16-11-6-15-17-10-5-3-2-4-9(10)11/h2-6,12H,7-8H2,1H3,(H,16,17)(H,18,19). The summed E-state index contributed by atoms with van der Waals surface area (Å²) in [6.45, 7) is 2.26. The van der Waals surface area contributed by atoms with Crippen LogP contribution in [0.3, 0.4) is 0 Å². The van der Waals surface area contributed by atoms with Gasteiger partial charge < -0.3 is 15.2 Å². The Labute approximate surface area is 115 Å². The number of aliphatic carboxylic acids is 1. The van der Waals surface area contributed by atoms with Crippen LogP contribution in [0, 0.1) is 5.41 Å². The van der Waals surface area contributed by atoms with E-state index in [4.69, 9.17) is 4.74 Å². The maximum atomic E-state index is 11.4. The minimum absolute atomic E-state index is 0.205. The van der Waals surface area contributed by atoms with Crippen molar-refractivity contribution < 1.29 is 14.6 Å². The third-order valence-electron chi connectivity index (χ3n) is 3.82. The van der Waals surface area contributed by atoms with E-state index in [0.717, 1.165) is 16.6 Å². The lowest BCUT2D eigenvalue weighted by Crippen LogP contribution is -2.43. The van der Waals surface area contributed by atoms with Gasteiger partial charge in [-0.05, 0) is 13.0 Å². The van der Waals surface area contributed by atoms with Gasteiger partial charge in [0.25, 0.3) is 0 Å². The summed E-state index contributed by atoms with van der Waals surface area (Å²) in [6, 6.07) is 7.31. The van der Waals surface area contributed by atoms with E-state index in [1.807, 2.05) is 24.3 Å². The summed E-state index contributed by atoms with van der Waals surface area (Å²) in [6.07, 6.45) is 1.61. The topological polar surface area (TPSA) is 84.3 Å². The lowest BCUT2D eigenvalue weighted by atomic mass is 9.85. The molecule has 2 atom stereocenters. The highest BCUT2D eigenvalue weighted by molar-refractivity contribution is 5.90. The highest BCUT2D eigenvalue weighted by Crippen LogP contribution is 2.32. The molecule has 1 aromatic heterocycles. The first-order chi connectivity index (χ1) is 9.61. The summed E-state index contributed by atoms with van der Waals surface area (Å²) >= 11 is 0. The van der Waals surface area contributed by atoms with Crippen LogP contribution in [0.15, 0.2) is 30.5 Å². The number of carboxylic acids is 1. The van der Waals surface area contributed by atoms with Crippen molar-refractivity contribution in [3.63, 3.8) is 0 Å². The van der Waals surface area contributed by atoms with E-state index < -0.39 is 11.4 Å². The number of ether oxygens (including phenoxy) is 1. The molecule has 20 heavy (non-hydrogen) atoms. The largest absolute Gasteiger partial charge is 0.481 e. The quantitative estimate of drug-likeness (QED) is 0.882. The lowest BCUT2D eigenvalue weighted by molar-refractivity contribution is -0.148. The van der Waals surface area contributed by atoms with Crippen LogP contribution < -0.4 is 5.32 Å². The second-order valence-electron chi connectivity index (χ2n) is 5.21. The molecule has 104 valence electrons. The Balaban J connectivity index is 1.96. The monoisotopic (exact) mass is 273 g/mol. The second kappa shape index (κ2) is 4.72. The molecular formula is C14H15N3O3. The number of carbonyl (C=O) groups is 1. The van der Waals surface area contributed by atoms with Gasteiger partial charge in [-0.3, -0.25) is 4.79 Å². The number of aromatic nitrogens is 2. The van der Waals surface area contributed by atoms with E-state index in [2.05, 4.69) is 15.5 Å². The number of rotatable bonds is 3. The van der Waals surface area contributed by atoms with Gasteiger partial charge in [-0.2, -0.15) is 10.2 Å². The number of hydrogen-bond donors (Lipinski definition) is 2. The molecule has 0 amide bonds. The van der Waals surface area contributed by atoms with Gasteiger partial charge in [0.05, 0.1) is 36.7 Å². The lowest BCUT2D eigenvalue weighted by Gasteiger charge is -2.26. The van der Waals surface area contributed by atoms with Crippen LogP contribution in [-0.2, 0) is 9.53 Å². The van der Waals surface area contributed by atoms with E-state index in [1.54, 1.807) is 13.1 Å². The van der Waals surface area contributed by atoms with E-state index in [0.29, 0.717) is 6.61 Å². The van der Waals surface area contributed by atoms with E-state index in [-0.39, 0.29) is 12.6 Å². The molecule has 1 aromatic carbocycles. The predicted molar refractivity (Wildman–Crippen MR) is 73.5 cm³/mol. The molecule has 0 radical (unpaired) electrons. The van der Waals surface area contributed by atoms with Crippen LogP contribution in [0.1, 0.15) is 6.92 Å². The summed E-state index contributed by atoms with van der Waals surface area (Å²) in [5, 5.41) is 21.5. The van der Waals surface area contributed by atoms with Crippen molar-refractivity contribution in [2.24, 2.45) is 5.41 Å². The summed E-state index contributed by atoms with van der Waals surface area (Å²) in [4.78, 5) is 11.4. The molecule has 0 spiro atoms. The normalized spacial score (nSPS) is 25.8. The number of benzene rings is 1. The molecule has 1 aliphatic rings. The molecule has 1 fully saturated rings. The van der Waals surface area contributed by atoms with E-state index >= 15 is 0 Å². The third kappa shape index (κ3) is 1.98. The number of anilines is 1. The Morgan fingerprint density at radius 3 is 3.10 bits per heavy atom. The first kappa shape index (κ1) is 12.8. The van der Waals surface area contributed by atoms with Crippen molar-refractivity contribution in [2.45, 2.75) is 13.0 Å². The fraction of sp³-hybridized carbons (Fsp3) is 0.357. The highest BCUT2D eigenvalue weighted by Gasteiger charge is 2.46. The average molecular weight is 273 g/mol. The van der Waals surface area contributed by atoms with Crippen molar-refractivity contribution in [1.29, 1.82) is 0 Å². The molecule has 0 aliphatic carbocycles. The van der Waals surface area contributed by atoms with E-state index in [9.17, 15) is 9.90 Å². The van der Waals surface area contributed by atoms with Crippen LogP contribution in [0.2, 0.25) is 0 Å². The first-order valence-corrected chi connectivity index (χ1v) is 6.39. The van der Waals surface area contributed by atoms with Crippen LogP contribution >= 0.6 is 0 Å². The molecule has 2 aromatic rings. The fourth-order valence-electron chi connectivity index (χ4n) is 2.39. The summed E-state index contributed by atoms with van der Waals surface area (Å²) in [5.41, 5.74) is 0.608. The maximum absolute atomic E-state index is 11.4. The number of nitrogens with zero attached hydrogens (tertiary/aromatic N) is 2. The zero-order valence-corrected chi connectivity index (χ0v) is 11.0. The molecule has 1 saturated heterocycles. The minimum atomic E-state index is -0.940. The third-order valence-corrected chi connectivity index (χ3v) is 3.82. The van der Waals surface area contributed by atoms with Gasteiger partial charge in [-0.25, -0.2) is 0 Å². The molecule has 1 aliphatic heterocycles. The fourth-order valence-corrected chi connectivity index (χ4v) is 2.39. The van der Waals surface area contributed by atoms with Crippen molar-refractivity contribution in [2.75, 3.05) is 18.5 Å². The van der Waals surface area contributed by atoms with Gasteiger partial charge in [0.1, 0.15) is 5.41 Å². The molecule has 2 heterocycles. The van der Waals surface area contributed by atoms with Crippen LogP contribution in [-0.4, -0.2) is 40.5 Å². The van der Waals surface area contributed by atoms with Gasteiger partial charge in [0.2, 0.25) is 0 Å².